The molecule has 7 nitrogen and oxygen atoms in total. The molecule has 0 unspecified atom stereocenters. The number of nitrogens with one attached hydrogen (secondary N) is 1. The van der Waals surface area contributed by atoms with Gasteiger partial charge in [-0.15, -0.1) is 0 Å². The maximum Gasteiger partial charge on any atom is 0.244 e. The molecule has 0 spiro atoms. The van der Waals surface area contributed by atoms with Crippen LogP contribution >= 0.6 is 0 Å². The van der Waals surface area contributed by atoms with E-state index in [2.05, 4.69) is 15.3 Å². The first-order valence-corrected chi connectivity index (χ1v) is 7.56. The Balaban J connectivity index is 1.87. The average molecular weight is 311 g/mol. The zero-order chi connectivity index (χ0) is 16.0. The molecule has 7 heteroatoms. The molecule has 23 heavy (non-hydrogen) atoms. The van der Waals surface area contributed by atoms with Crippen molar-refractivity contribution in [3.8, 4) is 5.75 Å². The number of benzene rings is 1. The summed E-state index contributed by atoms with van der Waals surface area (Å²) in [6.07, 6.45) is 2.86. The summed E-state index contributed by atoms with van der Waals surface area (Å²) in [6.45, 7) is 0.211. The largest absolute Gasteiger partial charge is 0.497 e. The number of fused-ring (bicyclic) bond motifs is 2. The number of carbonyl (C=O) groups excluding carboxylic acids is 1. The van der Waals surface area contributed by atoms with Crippen molar-refractivity contribution in [1.82, 2.24) is 9.97 Å². The van der Waals surface area contributed by atoms with Gasteiger partial charge in [-0.05, 0) is 31.4 Å². The molecule has 1 aliphatic heterocycles. The average Bonchev–Trinajstić information content (AvgIpc) is 3.00. The fraction of sp³-hybridized carbons (Fsp3) is 0.312. The molecular formula is C16H17N5O2. The highest BCUT2D eigenvalue weighted by Gasteiger charge is 2.29. The van der Waals surface area contributed by atoms with Crippen LogP contribution in [0.4, 0.5) is 23.1 Å². The normalized spacial score (nSPS) is 15.9. The predicted octanol–water partition coefficient (Wildman–Crippen LogP) is 1.65. The van der Waals surface area contributed by atoms with E-state index in [1.165, 1.54) is 0 Å². The zero-order valence-corrected chi connectivity index (χ0v) is 12.8. The third kappa shape index (κ3) is 2.25. The van der Waals surface area contributed by atoms with Crippen molar-refractivity contribution in [3.63, 3.8) is 0 Å². The third-order valence-electron chi connectivity index (χ3n) is 4.25. The van der Waals surface area contributed by atoms with Gasteiger partial charge in [-0.2, -0.15) is 4.98 Å². The zero-order valence-electron chi connectivity index (χ0n) is 12.8. The summed E-state index contributed by atoms with van der Waals surface area (Å²) in [6, 6.07) is 5.60. The second kappa shape index (κ2) is 5.12. The molecule has 0 atom stereocenters. The van der Waals surface area contributed by atoms with Gasteiger partial charge in [0.1, 0.15) is 18.1 Å². The number of carbonyl (C=O) groups is 1. The van der Waals surface area contributed by atoms with E-state index in [1.54, 1.807) is 7.11 Å². The maximum absolute atomic E-state index is 12.1. The lowest BCUT2D eigenvalue weighted by Gasteiger charge is -2.31. The Bertz CT molecular complexity index is 805. The Kier molecular flexibility index (Phi) is 3.07. The van der Waals surface area contributed by atoms with Crippen LogP contribution in [-0.2, 0) is 17.6 Å². The molecule has 2 aromatic rings. The van der Waals surface area contributed by atoms with E-state index in [-0.39, 0.29) is 18.4 Å². The standard InChI is InChI=1S/C16H17N5O2/c1-23-9-5-6-13-12(7-9)18-14(22)8-21(13)15-10-3-2-4-11(10)19-16(17)20-15/h5-7H,2-4,8H2,1H3,(H,18,22)(H2,17,19,20). The lowest BCUT2D eigenvalue weighted by molar-refractivity contribution is -0.115. The first-order valence-electron chi connectivity index (χ1n) is 7.56. The first kappa shape index (κ1) is 13.8. The summed E-state index contributed by atoms with van der Waals surface area (Å²) in [5, 5.41) is 2.88. The van der Waals surface area contributed by atoms with Gasteiger partial charge in [0.05, 0.1) is 24.2 Å². The first-order chi connectivity index (χ1) is 11.2. The van der Waals surface area contributed by atoms with Crippen LogP contribution in [0, 0.1) is 0 Å². The summed E-state index contributed by atoms with van der Waals surface area (Å²) in [5.41, 5.74) is 9.56. The SMILES string of the molecule is COc1ccc2c(c1)NC(=O)CN2c1nc(N)nc2c1CCC2. The smallest absolute Gasteiger partial charge is 0.244 e. The number of amides is 1. The summed E-state index contributed by atoms with van der Waals surface area (Å²) in [7, 11) is 1.60. The number of hydrogen-bond acceptors (Lipinski definition) is 6. The topological polar surface area (TPSA) is 93.4 Å². The van der Waals surface area contributed by atoms with Gasteiger partial charge in [-0.3, -0.25) is 4.79 Å². The number of methoxy groups -OCH3 is 1. The van der Waals surface area contributed by atoms with Gasteiger partial charge < -0.3 is 20.7 Å². The highest BCUT2D eigenvalue weighted by Crippen LogP contribution is 2.40. The van der Waals surface area contributed by atoms with E-state index in [0.717, 1.165) is 42.0 Å². The molecule has 2 aliphatic rings. The van der Waals surface area contributed by atoms with Crippen LogP contribution in [0.2, 0.25) is 0 Å². The minimum atomic E-state index is -0.0883. The molecule has 2 heterocycles. The second-order valence-electron chi connectivity index (χ2n) is 5.70. The van der Waals surface area contributed by atoms with Crippen LogP contribution in [0.15, 0.2) is 18.2 Å². The number of ether oxygens (including phenoxy) is 1. The number of nitrogens with zero attached hydrogens (tertiary/aromatic N) is 3. The van der Waals surface area contributed by atoms with Crippen molar-refractivity contribution in [3.05, 3.63) is 29.5 Å². The number of aryl methyl sites for hydroxylation is 1. The predicted molar refractivity (Wildman–Crippen MR) is 87.1 cm³/mol. The minimum Gasteiger partial charge on any atom is -0.497 e. The van der Waals surface area contributed by atoms with E-state index in [4.69, 9.17) is 10.5 Å². The van der Waals surface area contributed by atoms with Gasteiger partial charge in [-0.1, -0.05) is 0 Å². The second-order valence-corrected chi connectivity index (χ2v) is 5.70. The van der Waals surface area contributed by atoms with Crippen molar-refractivity contribution >= 4 is 29.0 Å². The molecular weight excluding hydrogens is 294 g/mol. The highest BCUT2D eigenvalue weighted by molar-refractivity contribution is 6.03. The van der Waals surface area contributed by atoms with E-state index >= 15 is 0 Å². The van der Waals surface area contributed by atoms with Crippen LogP contribution in [0.5, 0.6) is 5.75 Å². The lowest BCUT2D eigenvalue weighted by atomic mass is 10.1. The summed E-state index contributed by atoms with van der Waals surface area (Å²) in [5.74, 6) is 1.60. The van der Waals surface area contributed by atoms with Gasteiger partial charge in [0.15, 0.2) is 0 Å². The summed E-state index contributed by atoms with van der Waals surface area (Å²) in [4.78, 5) is 22.8. The number of rotatable bonds is 2. The quantitative estimate of drug-likeness (QED) is 0.876. The van der Waals surface area contributed by atoms with Gasteiger partial charge in [0.2, 0.25) is 11.9 Å². The van der Waals surface area contributed by atoms with E-state index in [9.17, 15) is 4.79 Å². The Morgan fingerprint density at radius 2 is 2.17 bits per heavy atom. The molecule has 0 saturated carbocycles. The van der Waals surface area contributed by atoms with E-state index < -0.39 is 0 Å². The highest BCUT2D eigenvalue weighted by atomic mass is 16.5. The number of nitrogens with two attached hydrogens (primary N) is 1. The lowest BCUT2D eigenvalue weighted by Crippen LogP contribution is -2.36. The molecule has 4 rings (SSSR count). The fourth-order valence-electron chi connectivity index (χ4n) is 3.24. The Morgan fingerprint density at radius 3 is 3.00 bits per heavy atom. The van der Waals surface area contributed by atoms with Crippen LogP contribution in [0.25, 0.3) is 0 Å². The number of aromatic nitrogens is 2. The Hall–Kier alpha value is -2.83. The van der Waals surface area contributed by atoms with Gasteiger partial charge in [0, 0.05) is 11.6 Å². The number of nitrogen functional groups attached to an aromatic ring is 1. The van der Waals surface area contributed by atoms with Crippen LogP contribution in [0.3, 0.4) is 0 Å². The molecule has 0 radical (unpaired) electrons. The van der Waals surface area contributed by atoms with E-state index in [1.807, 2.05) is 23.1 Å². The fourth-order valence-corrected chi connectivity index (χ4v) is 3.24. The Labute approximate surface area is 133 Å². The molecule has 1 aromatic heterocycles. The van der Waals surface area contributed by atoms with Crippen LogP contribution in [-0.4, -0.2) is 29.5 Å². The number of anilines is 4. The minimum absolute atomic E-state index is 0.0883. The molecule has 0 bridgehead atoms. The third-order valence-corrected chi connectivity index (χ3v) is 4.25. The molecule has 118 valence electrons. The maximum atomic E-state index is 12.1. The van der Waals surface area contributed by atoms with Crippen molar-refractivity contribution in [2.75, 3.05) is 29.6 Å². The van der Waals surface area contributed by atoms with Gasteiger partial charge in [0.25, 0.3) is 0 Å². The number of hydrogen-bond donors (Lipinski definition) is 2. The van der Waals surface area contributed by atoms with Crippen LogP contribution < -0.4 is 20.7 Å². The van der Waals surface area contributed by atoms with Crippen molar-refractivity contribution in [1.29, 1.82) is 0 Å². The monoisotopic (exact) mass is 311 g/mol. The summed E-state index contributed by atoms with van der Waals surface area (Å²) >= 11 is 0. The van der Waals surface area contributed by atoms with Crippen LogP contribution in [0.1, 0.15) is 17.7 Å². The van der Waals surface area contributed by atoms with Crippen molar-refractivity contribution < 1.29 is 9.53 Å². The Morgan fingerprint density at radius 1 is 1.30 bits per heavy atom. The van der Waals surface area contributed by atoms with Gasteiger partial charge in [-0.25, -0.2) is 4.98 Å². The molecule has 1 aliphatic carbocycles. The molecule has 0 fully saturated rings. The molecule has 1 aromatic carbocycles. The molecule has 0 saturated heterocycles. The summed E-state index contributed by atoms with van der Waals surface area (Å²) < 4.78 is 5.23. The van der Waals surface area contributed by atoms with Crippen molar-refractivity contribution in [2.45, 2.75) is 19.3 Å². The van der Waals surface area contributed by atoms with Crippen molar-refractivity contribution in [2.24, 2.45) is 0 Å². The molecule has 1 amide bonds. The van der Waals surface area contributed by atoms with Gasteiger partial charge >= 0.3 is 0 Å². The van der Waals surface area contributed by atoms with E-state index in [0.29, 0.717) is 11.4 Å². The molecule has 3 N–H and O–H groups in total.